The zero-order valence-electron chi connectivity index (χ0n) is 14.0. The molecule has 0 N–H and O–H groups in total. The van der Waals surface area contributed by atoms with Crippen LogP contribution >= 0.6 is 0 Å². The van der Waals surface area contributed by atoms with Crippen molar-refractivity contribution in [2.24, 2.45) is 5.92 Å². The molecule has 1 saturated heterocycles. The van der Waals surface area contributed by atoms with Gasteiger partial charge in [0.1, 0.15) is 5.69 Å². The smallest absolute Gasteiger partial charge is 0.274 e. The van der Waals surface area contributed by atoms with Gasteiger partial charge in [0.25, 0.3) is 5.91 Å². The Hall–Kier alpha value is -2.57. The van der Waals surface area contributed by atoms with Crippen molar-refractivity contribution in [1.82, 2.24) is 25.1 Å². The quantitative estimate of drug-likeness (QED) is 0.852. The number of rotatable bonds is 4. The normalized spacial score (nSPS) is 15.3. The Kier molecular flexibility index (Phi) is 4.98. The van der Waals surface area contributed by atoms with Crippen LogP contribution in [-0.2, 0) is 0 Å². The first-order valence-electron chi connectivity index (χ1n) is 8.13. The Balaban J connectivity index is 1.47. The molecule has 7 heteroatoms. The van der Waals surface area contributed by atoms with E-state index in [0.29, 0.717) is 37.2 Å². The van der Waals surface area contributed by atoms with Crippen LogP contribution in [0.4, 0.5) is 0 Å². The fraction of sp³-hybridized carbons (Fsp3) is 0.471. The number of hydrogen-bond acceptors (Lipinski definition) is 6. The van der Waals surface area contributed by atoms with Gasteiger partial charge in [-0.2, -0.15) is 5.10 Å². The molecule has 0 atom stereocenters. The molecule has 0 unspecified atom stereocenters. The van der Waals surface area contributed by atoms with Crippen LogP contribution in [0.2, 0.25) is 0 Å². The molecule has 1 aliphatic heterocycles. The average molecular weight is 327 g/mol. The average Bonchev–Trinajstić information content (AvgIpc) is 2.62. The van der Waals surface area contributed by atoms with Gasteiger partial charge in [0.2, 0.25) is 5.88 Å². The van der Waals surface area contributed by atoms with E-state index >= 15 is 0 Å². The maximum atomic E-state index is 12.4. The monoisotopic (exact) mass is 327 g/mol. The summed E-state index contributed by atoms with van der Waals surface area (Å²) in [7, 11) is 0. The summed E-state index contributed by atoms with van der Waals surface area (Å²) in [5.41, 5.74) is 2.08. The molecule has 1 aliphatic rings. The third-order valence-corrected chi connectivity index (χ3v) is 4.14. The molecule has 0 spiro atoms. The van der Waals surface area contributed by atoms with Gasteiger partial charge in [-0.3, -0.25) is 9.78 Å². The van der Waals surface area contributed by atoms with Crippen LogP contribution in [-0.4, -0.2) is 50.7 Å². The van der Waals surface area contributed by atoms with E-state index in [-0.39, 0.29) is 5.91 Å². The molecule has 7 nitrogen and oxygen atoms in total. The van der Waals surface area contributed by atoms with Crippen molar-refractivity contribution in [1.29, 1.82) is 0 Å². The molecule has 2 aromatic rings. The van der Waals surface area contributed by atoms with Gasteiger partial charge in [-0.05, 0) is 38.7 Å². The number of carbonyl (C=O) groups is 1. The number of carbonyl (C=O) groups excluding carboxylic acids is 1. The lowest BCUT2D eigenvalue weighted by atomic mass is 9.97. The van der Waals surface area contributed by atoms with E-state index < -0.39 is 0 Å². The van der Waals surface area contributed by atoms with Crippen molar-refractivity contribution in [3.05, 3.63) is 41.6 Å². The summed E-state index contributed by atoms with van der Waals surface area (Å²) in [6, 6.07) is 3.71. The van der Waals surface area contributed by atoms with E-state index in [1.54, 1.807) is 12.4 Å². The van der Waals surface area contributed by atoms with Crippen molar-refractivity contribution in [2.75, 3.05) is 19.7 Å². The molecule has 24 heavy (non-hydrogen) atoms. The fourth-order valence-corrected chi connectivity index (χ4v) is 2.63. The molecule has 126 valence electrons. The van der Waals surface area contributed by atoms with Crippen molar-refractivity contribution in [3.8, 4) is 5.88 Å². The van der Waals surface area contributed by atoms with Gasteiger partial charge < -0.3 is 9.64 Å². The largest absolute Gasteiger partial charge is 0.476 e. The first-order chi connectivity index (χ1) is 11.6. The second kappa shape index (κ2) is 7.33. The first-order valence-corrected chi connectivity index (χ1v) is 8.13. The van der Waals surface area contributed by atoms with Crippen LogP contribution in [0.1, 0.15) is 34.7 Å². The molecular weight excluding hydrogens is 306 g/mol. The van der Waals surface area contributed by atoms with Gasteiger partial charge in [-0.15, -0.1) is 5.10 Å². The molecule has 0 aliphatic carbocycles. The number of hydrogen-bond donors (Lipinski definition) is 0. The van der Waals surface area contributed by atoms with Crippen molar-refractivity contribution >= 4 is 5.91 Å². The predicted molar refractivity (Wildman–Crippen MR) is 87.7 cm³/mol. The first kappa shape index (κ1) is 16.3. The summed E-state index contributed by atoms with van der Waals surface area (Å²) in [5.74, 6) is 0.918. The second-order valence-electron chi connectivity index (χ2n) is 6.10. The van der Waals surface area contributed by atoms with E-state index in [1.807, 2.05) is 30.9 Å². The Morgan fingerprint density at radius 3 is 2.54 bits per heavy atom. The Bertz CT molecular complexity index is 679. The molecule has 0 bridgehead atoms. The number of nitrogens with zero attached hydrogens (tertiary/aromatic N) is 5. The van der Waals surface area contributed by atoms with Crippen LogP contribution in [0, 0.1) is 19.8 Å². The zero-order chi connectivity index (χ0) is 16.9. The minimum Gasteiger partial charge on any atom is -0.476 e. The highest BCUT2D eigenvalue weighted by Crippen LogP contribution is 2.19. The van der Waals surface area contributed by atoms with Crippen molar-refractivity contribution in [3.63, 3.8) is 0 Å². The third-order valence-electron chi connectivity index (χ3n) is 4.14. The standard InChI is InChI=1S/C17H21N5O2/c1-12-3-4-16(21-20-12)24-11-14-5-7-22(8-6-14)17(23)15-10-18-13(2)9-19-15/h3-4,9-10,14H,5-8,11H2,1-2H3. The van der Waals surface area contributed by atoms with Crippen LogP contribution in [0.25, 0.3) is 0 Å². The lowest BCUT2D eigenvalue weighted by molar-refractivity contribution is 0.0652. The fourth-order valence-electron chi connectivity index (χ4n) is 2.63. The van der Waals surface area contributed by atoms with Gasteiger partial charge in [0.05, 0.1) is 24.2 Å². The van der Waals surface area contributed by atoms with E-state index in [4.69, 9.17) is 4.74 Å². The predicted octanol–water partition coefficient (Wildman–Crippen LogP) is 1.81. The Morgan fingerprint density at radius 2 is 1.92 bits per heavy atom. The van der Waals surface area contributed by atoms with Gasteiger partial charge in [0, 0.05) is 25.4 Å². The molecule has 0 radical (unpaired) electrons. The maximum Gasteiger partial charge on any atom is 0.274 e. The summed E-state index contributed by atoms with van der Waals surface area (Å²) >= 11 is 0. The minimum atomic E-state index is -0.0498. The topological polar surface area (TPSA) is 81.1 Å². The second-order valence-corrected chi connectivity index (χ2v) is 6.10. The van der Waals surface area contributed by atoms with Crippen molar-refractivity contribution < 1.29 is 9.53 Å². The summed E-state index contributed by atoms with van der Waals surface area (Å²) in [4.78, 5) is 22.5. The van der Waals surface area contributed by atoms with Crippen LogP contribution in [0.5, 0.6) is 5.88 Å². The molecule has 0 saturated carbocycles. The highest BCUT2D eigenvalue weighted by Gasteiger charge is 2.25. The summed E-state index contributed by atoms with van der Waals surface area (Å²) < 4.78 is 5.69. The van der Waals surface area contributed by atoms with E-state index in [0.717, 1.165) is 24.2 Å². The lowest BCUT2D eigenvalue weighted by Gasteiger charge is -2.31. The lowest BCUT2D eigenvalue weighted by Crippen LogP contribution is -2.40. The van der Waals surface area contributed by atoms with Crippen LogP contribution in [0.15, 0.2) is 24.5 Å². The molecule has 3 rings (SSSR count). The number of aryl methyl sites for hydroxylation is 2. The van der Waals surface area contributed by atoms with Gasteiger partial charge >= 0.3 is 0 Å². The molecular formula is C17H21N5O2. The molecule has 3 heterocycles. The van der Waals surface area contributed by atoms with E-state index in [9.17, 15) is 4.79 Å². The number of likely N-dealkylation sites (tertiary alicyclic amines) is 1. The van der Waals surface area contributed by atoms with Gasteiger partial charge in [-0.25, -0.2) is 4.98 Å². The highest BCUT2D eigenvalue weighted by atomic mass is 16.5. The Morgan fingerprint density at radius 1 is 1.12 bits per heavy atom. The zero-order valence-corrected chi connectivity index (χ0v) is 14.0. The van der Waals surface area contributed by atoms with Crippen LogP contribution in [0.3, 0.4) is 0 Å². The molecule has 1 amide bonds. The number of piperidine rings is 1. The summed E-state index contributed by atoms with van der Waals surface area (Å²) in [6.07, 6.45) is 4.98. The van der Waals surface area contributed by atoms with E-state index in [2.05, 4.69) is 20.2 Å². The van der Waals surface area contributed by atoms with Crippen LogP contribution < -0.4 is 4.74 Å². The van der Waals surface area contributed by atoms with Crippen molar-refractivity contribution in [2.45, 2.75) is 26.7 Å². The minimum absolute atomic E-state index is 0.0498. The maximum absolute atomic E-state index is 12.4. The number of aromatic nitrogens is 4. The summed E-state index contributed by atoms with van der Waals surface area (Å²) in [6.45, 7) is 5.77. The SMILES string of the molecule is Cc1cnc(C(=O)N2CCC(COc3ccc(C)nn3)CC2)cn1. The van der Waals surface area contributed by atoms with E-state index in [1.165, 1.54) is 0 Å². The molecule has 1 fully saturated rings. The molecule has 2 aromatic heterocycles. The van der Waals surface area contributed by atoms with Gasteiger partial charge in [0.15, 0.2) is 0 Å². The number of amides is 1. The summed E-state index contributed by atoms with van der Waals surface area (Å²) in [5, 5.41) is 7.98. The third kappa shape index (κ3) is 4.04. The number of ether oxygens (including phenoxy) is 1. The van der Waals surface area contributed by atoms with Gasteiger partial charge in [-0.1, -0.05) is 0 Å². The highest BCUT2D eigenvalue weighted by molar-refractivity contribution is 5.92. The molecule has 0 aromatic carbocycles. The Labute approximate surface area is 141 Å².